The molecule has 0 saturated carbocycles. The number of hydrogen-bond donors (Lipinski definition) is 2. The summed E-state index contributed by atoms with van der Waals surface area (Å²) in [5, 5.41) is 8.63. The van der Waals surface area contributed by atoms with Gasteiger partial charge in [-0.3, -0.25) is 10.1 Å². The molecule has 110 valence electrons. The molecule has 21 heavy (non-hydrogen) atoms. The molecule has 1 aliphatic rings. The molecule has 0 spiro atoms. The van der Waals surface area contributed by atoms with E-state index in [1.807, 2.05) is 48.7 Å². The molecular weight excluding hydrogens is 280 g/mol. The summed E-state index contributed by atoms with van der Waals surface area (Å²) < 4.78 is 0. The molecule has 1 fully saturated rings. The topological polar surface area (TPSA) is 41.1 Å². The lowest BCUT2D eigenvalue weighted by molar-refractivity contribution is -0.128. The fraction of sp³-hybridized carbons (Fsp3) is 0.353. The van der Waals surface area contributed by atoms with Crippen LogP contribution in [0, 0.1) is 0 Å². The summed E-state index contributed by atoms with van der Waals surface area (Å²) in [4.78, 5) is 14.0. The first-order valence-electron chi connectivity index (χ1n) is 7.37. The molecule has 1 aromatic carbocycles. The minimum Gasteiger partial charge on any atom is -0.348 e. The zero-order valence-corrected chi connectivity index (χ0v) is 13.0. The molecule has 2 N–H and O–H groups in total. The summed E-state index contributed by atoms with van der Waals surface area (Å²) in [6, 6.07) is 14.2. The van der Waals surface area contributed by atoms with Crippen LogP contribution in [-0.2, 0) is 10.3 Å². The van der Waals surface area contributed by atoms with E-state index >= 15 is 0 Å². The second-order valence-corrected chi connectivity index (χ2v) is 6.47. The van der Waals surface area contributed by atoms with E-state index in [4.69, 9.17) is 0 Å². The largest absolute Gasteiger partial charge is 0.348 e. The minimum absolute atomic E-state index is 0.0120. The monoisotopic (exact) mass is 300 g/mol. The average Bonchev–Trinajstić information content (AvgIpc) is 3.19. The van der Waals surface area contributed by atoms with Gasteiger partial charge in [0, 0.05) is 4.88 Å². The first-order valence-corrected chi connectivity index (χ1v) is 8.25. The summed E-state index contributed by atoms with van der Waals surface area (Å²) in [5.41, 5.74) is 0.585. The highest BCUT2D eigenvalue weighted by Gasteiger charge is 2.43. The van der Waals surface area contributed by atoms with Gasteiger partial charge in [0.05, 0.1) is 6.04 Å². The number of rotatable bonds is 4. The molecule has 3 rings (SSSR count). The van der Waals surface area contributed by atoms with Crippen LogP contribution in [0.4, 0.5) is 0 Å². The van der Waals surface area contributed by atoms with Crippen molar-refractivity contribution in [2.24, 2.45) is 0 Å². The minimum atomic E-state index is -0.544. The third-order valence-electron chi connectivity index (χ3n) is 4.13. The zero-order chi connectivity index (χ0) is 14.7. The van der Waals surface area contributed by atoms with Crippen LogP contribution in [0.3, 0.4) is 0 Å². The lowest BCUT2D eigenvalue weighted by Gasteiger charge is -2.29. The van der Waals surface area contributed by atoms with Crippen LogP contribution in [0.5, 0.6) is 0 Å². The van der Waals surface area contributed by atoms with Gasteiger partial charge in [0.2, 0.25) is 5.91 Å². The third kappa shape index (κ3) is 2.74. The van der Waals surface area contributed by atoms with Crippen LogP contribution in [0.15, 0.2) is 47.8 Å². The van der Waals surface area contributed by atoms with Crippen LogP contribution < -0.4 is 10.6 Å². The first-order chi connectivity index (χ1) is 10.2. The van der Waals surface area contributed by atoms with Crippen LogP contribution >= 0.6 is 11.3 Å². The lowest BCUT2D eigenvalue weighted by Crippen LogP contribution is -2.51. The Labute approximate surface area is 129 Å². The normalized spacial score (nSPS) is 22.9. The smallest absolute Gasteiger partial charge is 0.246 e. The molecule has 2 aromatic rings. The number of carbonyl (C=O) groups excluding carboxylic acids is 1. The Bertz CT molecular complexity index is 589. The van der Waals surface area contributed by atoms with Gasteiger partial charge < -0.3 is 5.32 Å². The summed E-state index contributed by atoms with van der Waals surface area (Å²) >= 11 is 1.65. The van der Waals surface area contributed by atoms with Gasteiger partial charge in [-0.2, -0.15) is 0 Å². The SMILES string of the molecule is CC(NC(=O)[C@]1(c2cccs2)CCCN1)c1ccccc1. The van der Waals surface area contributed by atoms with E-state index in [0.29, 0.717) is 0 Å². The molecule has 1 amide bonds. The van der Waals surface area contributed by atoms with E-state index in [0.717, 1.165) is 29.8 Å². The molecule has 0 radical (unpaired) electrons. The first kappa shape index (κ1) is 14.3. The Morgan fingerprint density at radius 3 is 2.71 bits per heavy atom. The Morgan fingerprint density at radius 1 is 1.29 bits per heavy atom. The van der Waals surface area contributed by atoms with Crippen molar-refractivity contribution in [1.29, 1.82) is 0 Å². The van der Waals surface area contributed by atoms with Crippen molar-refractivity contribution in [2.75, 3.05) is 6.54 Å². The Hall–Kier alpha value is -1.65. The Balaban J connectivity index is 1.80. The van der Waals surface area contributed by atoms with Gasteiger partial charge in [-0.15, -0.1) is 11.3 Å². The number of carbonyl (C=O) groups is 1. The molecule has 1 aromatic heterocycles. The van der Waals surface area contributed by atoms with Gasteiger partial charge in [-0.05, 0) is 43.3 Å². The Kier molecular flexibility index (Phi) is 4.08. The van der Waals surface area contributed by atoms with E-state index in [1.54, 1.807) is 11.3 Å². The molecule has 0 aliphatic carbocycles. The molecule has 1 aliphatic heterocycles. The van der Waals surface area contributed by atoms with Crippen LogP contribution in [0.2, 0.25) is 0 Å². The number of amides is 1. The van der Waals surface area contributed by atoms with Gasteiger partial charge in [-0.25, -0.2) is 0 Å². The van der Waals surface area contributed by atoms with Gasteiger partial charge >= 0.3 is 0 Å². The van der Waals surface area contributed by atoms with Gasteiger partial charge in [0.25, 0.3) is 0 Å². The van der Waals surface area contributed by atoms with Crippen molar-refractivity contribution >= 4 is 17.2 Å². The van der Waals surface area contributed by atoms with Crippen molar-refractivity contribution in [1.82, 2.24) is 10.6 Å². The second kappa shape index (κ2) is 6.00. The molecule has 0 bridgehead atoms. The van der Waals surface area contributed by atoms with Gasteiger partial charge in [0.15, 0.2) is 0 Å². The van der Waals surface area contributed by atoms with E-state index in [2.05, 4.69) is 16.7 Å². The highest BCUT2D eigenvalue weighted by molar-refractivity contribution is 7.10. The van der Waals surface area contributed by atoms with Crippen LogP contribution in [0.1, 0.15) is 36.2 Å². The predicted octanol–water partition coefficient (Wildman–Crippen LogP) is 3.20. The predicted molar refractivity (Wildman–Crippen MR) is 86.2 cm³/mol. The fourth-order valence-corrected chi connectivity index (χ4v) is 3.86. The van der Waals surface area contributed by atoms with Crippen LogP contribution in [-0.4, -0.2) is 12.5 Å². The maximum Gasteiger partial charge on any atom is 0.246 e. The average molecular weight is 300 g/mol. The Morgan fingerprint density at radius 2 is 2.10 bits per heavy atom. The van der Waals surface area contributed by atoms with E-state index in [1.165, 1.54) is 0 Å². The molecular formula is C17H20N2OS. The third-order valence-corrected chi connectivity index (χ3v) is 5.16. The molecule has 4 heteroatoms. The quantitative estimate of drug-likeness (QED) is 0.910. The van der Waals surface area contributed by atoms with E-state index in [-0.39, 0.29) is 11.9 Å². The van der Waals surface area contributed by atoms with Crippen molar-refractivity contribution < 1.29 is 4.79 Å². The van der Waals surface area contributed by atoms with Crippen LogP contribution in [0.25, 0.3) is 0 Å². The standard InChI is InChI=1S/C17H20N2OS/c1-13(14-7-3-2-4-8-14)19-16(20)17(10-6-11-18-17)15-9-5-12-21-15/h2-5,7-9,12-13,18H,6,10-11H2,1H3,(H,19,20)/t13?,17-/m1/s1. The molecule has 3 nitrogen and oxygen atoms in total. The number of thiophene rings is 1. The van der Waals surface area contributed by atoms with Crippen molar-refractivity contribution in [3.63, 3.8) is 0 Å². The maximum absolute atomic E-state index is 12.9. The molecule has 2 heterocycles. The maximum atomic E-state index is 12.9. The van der Waals surface area contributed by atoms with Crippen molar-refractivity contribution in [3.8, 4) is 0 Å². The molecule has 1 unspecified atom stereocenters. The number of benzene rings is 1. The van der Waals surface area contributed by atoms with Gasteiger partial charge in [-0.1, -0.05) is 36.4 Å². The summed E-state index contributed by atoms with van der Waals surface area (Å²) in [7, 11) is 0. The van der Waals surface area contributed by atoms with Gasteiger partial charge in [0.1, 0.15) is 5.54 Å². The number of nitrogens with one attached hydrogen (secondary N) is 2. The number of hydrogen-bond acceptors (Lipinski definition) is 3. The van der Waals surface area contributed by atoms with Crippen molar-refractivity contribution in [2.45, 2.75) is 31.3 Å². The highest BCUT2D eigenvalue weighted by Crippen LogP contribution is 2.34. The molecule has 1 saturated heterocycles. The highest BCUT2D eigenvalue weighted by atomic mass is 32.1. The lowest BCUT2D eigenvalue weighted by atomic mass is 9.93. The van der Waals surface area contributed by atoms with E-state index in [9.17, 15) is 4.79 Å². The zero-order valence-electron chi connectivity index (χ0n) is 12.1. The fourth-order valence-electron chi connectivity index (χ4n) is 2.93. The molecule has 2 atom stereocenters. The van der Waals surface area contributed by atoms with Crippen molar-refractivity contribution in [3.05, 3.63) is 58.3 Å². The summed E-state index contributed by atoms with van der Waals surface area (Å²) in [6.07, 6.45) is 1.89. The summed E-state index contributed by atoms with van der Waals surface area (Å²) in [6.45, 7) is 2.93. The van der Waals surface area contributed by atoms with E-state index < -0.39 is 5.54 Å². The second-order valence-electron chi connectivity index (χ2n) is 5.52. The summed E-state index contributed by atoms with van der Waals surface area (Å²) in [5.74, 6) is 0.0822.